The topological polar surface area (TPSA) is 68.2 Å². The Morgan fingerprint density at radius 2 is 2.38 bits per heavy atom. The van der Waals surface area contributed by atoms with E-state index in [4.69, 9.17) is 5.84 Å². The summed E-state index contributed by atoms with van der Waals surface area (Å²) in [6.45, 7) is 1.90. The fourth-order valence-electron chi connectivity index (χ4n) is 1.16. The Kier molecular flexibility index (Phi) is 1.93. The Hall–Kier alpha value is -1.14. The zero-order valence-corrected chi connectivity index (χ0v) is 8.54. The number of nitrogens with zero attached hydrogens (tertiary/aromatic N) is 3. The van der Waals surface area contributed by atoms with Gasteiger partial charge in [0, 0.05) is 11.8 Å². The molecule has 0 saturated heterocycles. The van der Waals surface area contributed by atoms with Crippen molar-refractivity contribution in [2.45, 2.75) is 6.92 Å². The molecule has 6 heteroatoms. The number of fused-ring (bicyclic) bond motifs is 1. The second kappa shape index (κ2) is 2.97. The van der Waals surface area contributed by atoms with Crippen molar-refractivity contribution in [3.8, 4) is 0 Å². The van der Waals surface area contributed by atoms with Crippen LogP contribution in [-0.2, 0) is 0 Å². The van der Waals surface area contributed by atoms with Gasteiger partial charge in [-0.1, -0.05) is 0 Å². The molecule has 13 heavy (non-hydrogen) atoms. The van der Waals surface area contributed by atoms with Crippen LogP contribution in [0.25, 0.3) is 5.65 Å². The second-order valence-electron chi connectivity index (χ2n) is 2.66. The summed E-state index contributed by atoms with van der Waals surface area (Å²) in [5.74, 6) is 6.06. The molecule has 0 aliphatic carbocycles. The van der Waals surface area contributed by atoms with Crippen molar-refractivity contribution in [3.63, 3.8) is 0 Å². The Bertz CT molecular complexity index is 449. The molecule has 0 bridgehead atoms. The molecule has 0 atom stereocenters. The lowest BCUT2D eigenvalue weighted by Gasteiger charge is -2.03. The van der Waals surface area contributed by atoms with Crippen molar-refractivity contribution >= 4 is 27.4 Å². The first-order valence-electron chi connectivity index (χ1n) is 3.70. The summed E-state index contributed by atoms with van der Waals surface area (Å²) < 4.78 is 2.49. The van der Waals surface area contributed by atoms with Crippen molar-refractivity contribution in [2.75, 3.05) is 5.43 Å². The van der Waals surface area contributed by atoms with Crippen molar-refractivity contribution in [3.05, 3.63) is 22.4 Å². The quantitative estimate of drug-likeness (QED) is 0.580. The highest BCUT2D eigenvalue weighted by Gasteiger charge is 2.06. The number of halogens is 1. The van der Waals surface area contributed by atoms with E-state index < -0.39 is 0 Å². The van der Waals surface area contributed by atoms with Gasteiger partial charge < -0.3 is 5.43 Å². The summed E-state index contributed by atoms with van der Waals surface area (Å²) in [7, 11) is 0. The maximum absolute atomic E-state index is 5.34. The molecule has 0 fully saturated rings. The molecular formula is C7H8BrN5. The van der Waals surface area contributed by atoms with Crippen molar-refractivity contribution < 1.29 is 0 Å². The van der Waals surface area contributed by atoms with Gasteiger partial charge in [0.05, 0.1) is 10.7 Å². The van der Waals surface area contributed by atoms with Crippen LogP contribution in [0, 0.1) is 6.92 Å². The SMILES string of the molecule is Cc1cc(NN)n2ncc(Br)c2n1. The molecule has 5 nitrogen and oxygen atoms in total. The number of aromatic nitrogens is 3. The summed E-state index contributed by atoms with van der Waals surface area (Å²) in [4.78, 5) is 4.30. The summed E-state index contributed by atoms with van der Waals surface area (Å²) in [5.41, 5.74) is 4.21. The monoisotopic (exact) mass is 241 g/mol. The molecule has 0 aliphatic heterocycles. The molecule has 0 aliphatic rings. The van der Waals surface area contributed by atoms with Crippen LogP contribution in [0.3, 0.4) is 0 Å². The number of hydrogen-bond donors (Lipinski definition) is 2. The van der Waals surface area contributed by atoms with Gasteiger partial charge in [0.1, 0.15) is 5.82 Å². The smallest absolute Gasteiger partial charge is 0.171 e. The zero-order chi connectivity index (χ0) is 9.42. The number of aryl methyl sites for hydroxylation is 1. The first-order valence-corrected chi connectivity index (χ1v) is 4.49. The third kappa shape index (κ3) is 1.27. The predicted molar refractivity (Wildman–Crippen MR) is 53.2 cm³/mol. The standard InChI is InChI=1S/C7H8BrN5/c1-4-2-6(12-9)13-7(11-4)5(8)3-10-13/h2-3,12H,9H2,1H3. The van der Waals surface area contributed by atoms with E-state index in [-0.39, 0.29) is 0 Å². The van der Waals surface area contributed by atoms with E-state index >= 15 is 0 Å². The third-order valence-electron chi connectivity index (χ3n) is 1.70. The number of rotatable bonds is 1. The number of nitrogens with one attached hydrogen (secondary N) is 1. The fourth-order valence-corrected chi connectivity index (χ4v) is 1.51. The van der Waals surface area contributed by atoms with Crippen LogP contribution in [-0.4, -0.2) is 14.6 Å². The molecule has 0 radical (unpaired) electrons. The molecule has 2 aromatic rings. The molecule has 0 saturated carbocycles. The van der Waals surface area contributed by atoms with Crippen molar-refractivity contribution in [2.24, 2.45) is 5.84 Å². The summed E-state index contributed by atoms with van der Waals surface area (Å²) in [6.07, 6.45) is 1.68. The largest absolute Gasteiger partial charge is 0.308 e. The van der Waals surface area contributed by atoms with E-state index in [0.29, 0.717) is 5.82 Å². The fraction of sp³-hybridized carbons (Fsp3) is 0.143. The van der Waals surface area contributed by atoms with E-state index in [0.717, 1.165) is 15.8 Å². The second-order valence-corrected chi connectivity index (χ2v) is 3.51. The lowest BCUT2D eigenvalue weighted by atomic mass is 10.4. The van der Waals surface area contributed by atoms with Crippen LogP contribution >= 0.6 is 15.9 Å². The zero-order valence-electron chi connectivity index (χ0n) is 6.95. The molecule has 68 valence electrons. The normalized spacial score (nSPS) is 10.7. The lowest BCUT2D eigenvalue weighted by molar-refractivity contribution is 0.927. The maximum atomic E-state index is 5.34. The van der Waals surface area contributed by atoms with E-state index in [2.05, 4.69) is 31.4 Å². The number of nitrogens with two attached hydrogens (primary N) is 1. The van der Waals surface area contributed by atoms with Crippen LogP contribution < -0.4 is 11.3 Å². The highest BCUT2D eigenvalue weighted by Crippen LogP contribution is 2.19. The van der Waals surface area contributed by atoms with Gasteiger partial charge in [-0.05, 0) is 22.9 Å². The van der Waals surface area contributed by atoms with Crippen molar-refractivity contribution in [1.82, 2.24) is 14.6 Å². The van der Waals surface area contributed by atoms with Gasteiger partial charge in [0.15, 0.2) is 5.65 Å². The molecule has 2 heterocycles. The third-order valence-corrected chi connectivity index (χ3v) is 2.26. The van der Waals surface area contributed by atoms with Crippen LogP contribution in [0.15, 0.2) is 16.7 Å². The molecule has 2 rings (SSSR count). The molecule has 2 aromatic heterocycles. The van der Waals surface area contributed by atoms with Gasteiger partial charge in [0.2, 0.25) is 0 Å². The molecule has 0 spiro atoms. The minimum absolute atomic E-state index is 0.716. The maximum Gasteiger partial charge on any atom is 0.171 e. The predicted octanol–water partition coefficient (Wildman–Crippen LogP) is 1.09. The average molecular weight is 242 g/mol. The van der Waals surface area contributed by atoms with Gasteiger partial charge >= 0.3 is 0 Å². The summed E-state index contributed by atoms with van der Waals surface area (Å²) in [6, 6.07) is 1.83. The molecule has 0 aromatic carbocycles. The first kappa shape index (κ1) is 8.46. The minimum Gasteiger partial charge on any atom is -0.308 e. The highest BCUT2D eigenvalue weighted by molar-refractivity contribution is 9.10. The molecule has 0 amide bonds. The van der Waals surface area contributed by atoms with Gasteiger partial charge in [-0.15, -0.1) is 0 Å². The Balaban J connectivity index is 2.84. The minimum atomic E-state index is 0.716. The Morgan fingerprint density at radius 1 is 1.62 bits per heavy atom. The molecular weight excluding hydrogens is 234 g/mol. The van der Waals surface area contributed by atoms with Gasteiger partial charge in [-0.2, -0.15) is 9.61 Å². The van der Waals surface area contributed by atoms with Gasteiger partial charge in [-0.25, -0.2) is 10.8 Å². The first-order chi connectivity index (χ1) is 6.22. The van der Waals surface area contributed by atoms with Gasteiger partial charge in [0.25, 0.3) is 0 Å². The van der Waals surface area contributed by atoms with Crippen LogP contribution in [0.4, 0.5) is 5.82 Å². The van der Waals surface area contributed by atoms with E-state index in [9.17, 15) is 0 Å². The van der Waals surface area contributed by atoms with Gasteiger partial charge in [-0.3, -0.25) is 0 Å². The number of anilines is 1. The molecule has 0 unspecified atom stereocenters. The van der Waals surface area contributed by atoms with Crippen LogP contribution in [0.2, 0.25) is 0 Å². The summed E-state index contributed by atoms with van der Waals surface area (Å²) >= 11 is 3.35. The average Bonchev–Trinajstić information content (AvgIpc) is 2.47. The van der Waals surface area contributed by atoms with E-state index in [1.807, 2.05) is 13.0 Å². The lowest BCUT2D eigenvalue weighted by Crippen LogP contribution is -2.12. The van der Waals surface area contributed by atoms with E-state index in [1.165, 1.54) is 0 Å². The summed E-state index contributed by atoms with van der Waals surface area (Å²) in [5, 5.41) is 4.09. The van der Waals surface area contributed by atoms with Crippen LogP contribution in [0.1, 0.15) is 5.69 Å². The Labute approximate surface area is 83.0 Å². The Morgan fingerprint density at radius 3 is 3.08 bits per heavy atom. The van der Waals surface area contributed by atoms with Crippen molar-refractivity contribution in [1.29, 1.82) is 0 Å². The highest BCUT2D eigenvalue weighted by atomic mass is 79.9. The number of nitrogen functional groups attached to an aromatic ring is 1. The van der Waals surface area contributed by atoms with E-state index in [1.54, 1.807) is 10.7 Å². The van der Waals surface area contributed by atoms with Crippen LogP contribution in [0.5, 0.6) is 0 Å². The number of hydrogen-bond acceptors (Lipinski definition) is 4. The number of hydrazine groups is 1. The molecule has 3 N–H and O–H groups in total.